The molecule has 0 saturated carbocycles. The van der Waals surface area contributed by atoms with Crippen molar-refractivity contribution in [2.45, 2.75) is 26.3 Å². The van der Waals surface area contributed by atoms with Crippen molar-refractivity contribution < 1.29 is 4.74 Å². The highest BCUT2D eigenvalue weighted by Gasteiger charge is 2.13. The van der Waals surface area contributed by atoms with E-state index in [1.807, 2.05) is 24.8 Å². The van der Waals surface area contributed by atoms with Crippen molar-refractivity contribution in [1.29, 1.82) is 0 Å². The van der Waals surface area contributed by atoms with Crippen molar-refractivity contribution in [1.82, 2.24) is 15.1 Å². The van der Waals surface area contributed by atoms with E-state index in [9.17, 15) is 0 Å². The lowest BCUT2D eigenvalue weighted by molar-refractivity contribution is 0.414. The molecule has 20 heavy (non-hydrogen) atoms. The number of hydrogen-bond donors (Lipinski definition) is 1. The van der Waals surface area contributed by atoms with Crippen LogP contribution in [0.1, 0.15) is 24.6 Å². The standard InChI is InChI=1S/C16H23N3O/c1-5-6-16-15(11-19(3)18-16)14-8-7-13(20-4)9-12(14)10-17-2/h7-9,11,17H,5-6,10H2,1-4H3. The lowest BCUT2D eigenvalue weighted by atomic mass is 9.98. The molecule has 4 nitrogen and oxygen atoms in total. The minimum atomic E-state index is 0.812. The van der Waals surface area contributed by atoms with Crippen molar-refractivity contribution in [3.05, 3.63) is 35.7 Å². The van der Waals surface area contributed by atoms with E-state index >= 15 is 0 Å². The molecule has 2 rings (SSSR count). The molecular formula is C16H23N3O. The number of aryl methyl sites for hydroxylation is 2. The number of hydrogen-bond acceptors (Lipinski definition) is 3. The SMILES string of the molecule is CCCc1nn(C)cc1-c1ccc(OC)cc1CNC. The van der Waals surface area contributed by atoms with Gasteiger partial charge >= 0.3 is 0 Å². The number of nitrogens with one attached hydrogen (secondary N) is 1. The third-order valence-corrected chi connectivity index (χ3v) is 3.36. The van der Waals surface area contributed by atoms with Crippen LogP contribution in [0.4, 0.5) is 0 Å². The second-order valence-corrected chi connectivity index (χ2v) is 4.97. The molecule has 0 aliphatic heterocycles. The number of ether oxygens (including phenoxy) is 1. The van der Waals surface area contributed by atoms with E-state index in [-0.39, 0.29) is 0 Å². The number of rotatable bonds is 6. The zero-order valence-corrected chi connectivity index (χ0v) is 12.7. The van der Waals surface area contributed by atoms with Crippen molar-refractivity contribution in [3.63, 3.8) is 0 Å². The van der Waals surface area contributed by atoms with Crippen molar-refractivity contribution in [2.75, 3.05) is 14.2 Å². The average Bonchev–Trinajstić information content (AvgIpc) is 2.80. The Morgan fingerprint density at radius 2 is 2.10 bits per heavy atom. The first kappa shape index (κ1) is 14.6. The van der Waals surface area contributed by atoms with Crippen LogP contribution < -0.4 is 10.1 Å². The molecule has 0 saturated heterocycles. The molecule has 0 atom stereocenters. The minimum absolute atomic E-state index is 0.812. The van der Waals surface area contributed by atoms with Gasteiger partial charge in [-0.25, -0.2) is 0 Å². The van der Waals surface area contributed by atoms with Gasteiger partial charge in [0, 0.05) is 25.4 Å². The number of methoxy groups -OCH3 is 1. The highest BCUT2D eigenvalue weighted by Crippen LogP contribution is 2.30. The summed E-state index contributed by atoms with van der Waals surface area (Å²) in [6, 6.07) is 6.23. The summed E-state index contributed by atoms with van der Waals surface area (Å²) in [5, 5.41) is 7.81. The fraction of sp³-hybridized carbons (Fsp3) is 0.438. The van der Waals surface area contributed by atoms with Crippen molar-refractivity contribution in [2.24, 2.45) is 7.05 Å². The van der Waals surface area contributed by atoms with Gasteiger partial charge in [0.1, 0.15) is 5.75 Å². The van der Waals surface area contributed by atoms with Gasteiger partial charge in [-0.2, -0.15) is 5.10 Å². The monoisotopic (exact) mass is 273 g/mol. The smallest absolute Gasteiger partial charge is 0.119 e. The zero-order chi connectivity index (χ0) is 14.5. The summed E-state index contributed by atoms with van der Waals surface area (Å²) in [6.07, 6.45) is 4.20. The van der Waals surface area contributed by atoms with Crippen LogP contribution in [0.2, 0.25) is 0 Å². The fourth-order valence-corrected chi connectivity index (χ4v) is 2.48. The third kappa shape index (κ3) is 3.02. The molecule has 0 radical (unpaired) electrons. The number of nitrogens with zero attached hydrogens (tertiary/aromatic N) is 2. The fourth-order valence-electron chi connectivity index (χ4n) is 2.48. The molecule has 1 aromatic carbocycles. The normalized spacial score (nSPS) is 10.8. The summed E-state index contributed by atoms with van der Waals surface area (Å²) in [6.45, 7) is 2.99. The summed E-state index contributed by atoms with van der Waals surface area (Å²) >= 11 is 0. The molecule has 0 bridgehead atoms. The summed E-state index contributed by atoms with van der Waals surface area (Å²) < 4.78 is 7.22. The van der Waals surface area contributed by atoms with E-state index in [0.717, 1.165) is 30.8 Å². The second kappa shape index (κ2) is 6.57. The second-order valence-electron chi connectivity index (χ2n) is 4.97. The number of aromatic nitrogens is 2. The quantitative estimate of drug-likeness (QED) is 0.879. The largest absolute Gasteiger partial charge is 0.497 e. The van der Waals surface area contributed by atoms with Crippen LogP contribution >= 0.6 is 0 Å². The Morgan fingerprint density at radius 3 is 2.75 bits per heavy atom. The zero-order valence-electron chi connectivity index (χ0n) is 12.7. The van der Waals surface area contributed by atoms with E-state index in [4.69, 9.17) is 4.74 Å². The first-order valence-corrected chi connectivity index (χ1v) is 7.04. The third-order valence-electron chi connectivity index (χ3n) is 3.36. The first-order chi connectivity index (χ1) is 9.69. The molecule has 0 spiro atoms. The molecule has 1 aromatic heterocycles. The van der Waals surface area contributed by atoms with E-state index < -0.39 is 0 Å². The van der Waals surface area contributed by atoms with Gasteiger partial charge in [0.15, 0.2) is 0 Å². The average molecular weight is 273 g/mol. The van der Waals surface area contributed by atoms with Crippen LogP contribution in [0.15, 0.2) is 24.4 Å². The summed E-state index contributed by atoms with van der Waals surface area (Å²) in [7, 11) is 5.63. The maximum Gasteiger partial charge on any atom is 0.119 e. The molecule has 1 N–H and O–H groups in total. The molecule has 108 valence electrons. The van der Waals surface area contributed by atoms with Gasteiger partial charge in [0.2, 0.25) is 0 Å². The lowest BCUT2D eigenvalue weighted by Gasteiger charge is -2.11. The maximum absolute atomic E-state index is 5.33. The van der Waals surface area contributed by atoms with Gasteiger partial charge in [-0.1, -0.05) is 19.4 Å². The Morgan fingerprint density at radius 1 is 1.30 bits per heavy atom. The molecule has 0 amide bonds. The Hall–Kier alpha value is -1.81. The van der Waals surface area contributed by atoms with Gasteiger partial charge in [-0.15, -0.1) is 0 Å². The van der Waals surface area contributed by atoms with Crippen molar-refractivity contribution >= 4 is 0 Å². The van der Waals surface area contributed by atoms with Gasteiger partial charge in [-0.3, -0.25) is 4.68 Å². The molecule has 0 unspecified atom stereocenters. The Bertz CT molecular complexity index is 575. The topological polar surface area (TPSA) is 39.1 Å². The lowest BCUT2D eigenvalue weighted by Crippen LogP contribution is -2.07. The van der Waals surface area contributed by atoms with Crippen LogP contribution in [-0.4, -0.2) is 23.9 Å². The van der Waals surface area contributed by atoms with Gasteiger partial charge in [0.05, 0.1) is 12.8 Å². The Kier molecular flexibility index (Phi) is 4.79. The first-order valence-electron chi connectivity index (χ1n) is 7.04. The molecule has 2 aromatic rings. The van der Waals surface area contributed by atoms with E-state index in [1.165, 1.54) is 16.7 Å². The van der Waals surface area contributed by atoms with Crippen LogP contribution in [0.25, 0.3) is 11.1 Å². The highest BCUT2D eigenvalue weighted by molar-refractivity contribution is 5.70. The molecule has 0 aliphatic rings. The van der Waals surface area contributed by atoms with Gasteiger partial charge in [-0.05, 0) is 36.7 Å². The molecule has 1 heterocycles. The highest BCUT2D eigenvalue weighted by atomic mass is 16.5. The van der Waals surface area contributed by atoms with Gasteiger partial charge in [0.25, 0.3) is 0 Å². The summed E-state index contributed by atoms with van der Waals surface area (Å²) in [5.74, 6) is 0.889. The van der Waals surface area contributed by atoms with E-state index in [1.54, 1.807) is 7.11 Å². The minimum Gasteiger partial charge on any atom is -0.497 e. The van der Waals surface area contributed by atoms with Crippen LogP contribution in [0.3, 0.4) is 0 Å². The van der Waals surface area contributed by atoms with E-state index in [2.05, 4.69) is 35.7 Å². The van der Waals surface area contributed by atoms with Crippen LogP contribution in [0, 0.1) is 0 Å². The molecule has 4 heteroatoms. The van der Waals surface area contributed by atoms with E-state index in [0.29, 0.717) is 0 Å². The maximum atomic E-state index is 5.33. The molecule has 0 aliphatic carbocycles. The number of benzene rings is 1. The Balaban J connectivity index is 2.50. The molecule has 0 fully saturated rings. The summed E-state index contributed by atoms with van der Waals surface area (Å²) in [5.41, 5.74) is 4.86. The van der Waals surface area contributed by atoms with Crippen molar-refractivity contribution in [3.8, 4) is 16.9 Å². The predicted molar refractivity (Wildman–Crippen MR) is 82.0 cm³/mol. The van der Waals surface area contributed by atoms with Gasteiger partial charge < -0.3 is 10.1 Å². The Labute approximate surface area is 120 Å². The molecular weight excluding hydrogens is 250 g/mol. The van der Waals surface area contributed by atoms with Crippen LogP contribution in [0.5, 0.6) is 5.75 Å². The summed E-state index contributed by atoms with van der Waals surface area (Å²) in [4.78, 5) is 0. The predicted octanol–water partition coefficient (Wildman–Crippen LogP) is 2.77. The van der Waals surface area contributed by atoms with Crippen LogP contribution in [-0.2, 0) is 20.0 Å².